The van der Waals surface area contributed by atoms with E-state index in [2.05, 4.69) is 5.32 Å². The number of carboxylic acids is 1. The molecule has 1 amide bonds. The summed E-state index contributed by atoms with van der Waals surface area (Å²) < 4.78 is 11.1. The lowest BCUT2D eigenvalue weighted by atomic mass is 10.1. The predicted molar refractivity (Wildman–Crippen MR) is 105 cm³/mol. The molecule has 0 unspecified atom stereocenters. The van der Waals surface area contributed by atoms with Gasteiger partial charge >= 0.3 is 5.97 Å². The molecule has 8 heteroatoms. The van der Waals surface area contributed by atoms with E-state index < -0.39 is 17.3 Å². The first-order valence-electron chi connectivity index (χ1n) is 8.91. The van der Waals surface area contributed by atoms with Crippen LogP contribution in [-0.4, -0.2) is 35.2 Å². The monoisotopic (exact) mass is 397 g/mol. The van der Waals surface area contributed by atoms with Gasteiger partial charge in [0.15, 0.2) is 12.0 Å². The largest absolute Gasteiger partial charge is 0.507 e. The highest BCUT2D eigenvalue weighted by Gasteiger charge is 2.13. The number of aromatic hydroxyl groups is 1. The molecular weight excluding hydrogens is 378 g/mol. The van der Waals surface area contributed by atoms with E-state index in [1.165, 1.54) is 18.2 Å². The summed E-state index contributed by atoms with van der Waals surface area (Å²) in [5.74, 6) is -1.18. The van der Waals surface area contributed by atoms with Crippen LogP contribution < -0.4 is 15.5 Å². The van der Waals surface area contributed by atoms with Crippen molar-refractivity contribution in [1.29, 1.82) is 0 Å². The molecule has 1 heterocycles. The lowest BCUT2D eigenvalue weighted by Gasteiger charge is -2.09. The molecular formula is C21H19NO7. The van der Waals surface area contributed by atoms with Crippen molar-refractivity contribution in [2.45, 2.75) is 12.8 Å². The van der Waals surface area contributed by atoms with Gasteiger partial charge in [-0.15, -0.1) is 0 Å². The SMILES string of the molecule is O=C(O)CCCNC(=O)COc1cc(O)c2c(=O)cc(-c3ccccc3)oc2c1. The van der Waals surface area contributed by atoms with Crippen molar-refractivity contribution in [3.05, 3.63) is 58.8 Å². The number of amides is 1. The van der Waals surface area contributed by atoms with Crippen LogP contribution in [0.2, 0.25) is 0 Å². The van der Waals surface area contributed by atoms with Crippen LogP contribution in [0.25, 0.3) is 22.3 Å². The summed E-state index contributed by atoms with van der Waals surface area (Å²) in [5.41, 5.74) is 0.441. The molecule has 0 saturated heterocycles. The third kappa shape index (κ3) is 5.13. The maximum atomic E-state index is 12.4. The average molecular weight is 397 g/mol. The van der Waals surface area contributed by atoms with Crippen LogP contribution in [0.1, 0.15) is 12.8 Å². The number of rotatable bonds is 8. The van der Waals surface area contributed by atoms with Crippen LogP contribution in [0.5, 0.6) is 11.5 Å². The Hall–Kier alpha value is -3.81. The van der Waals surface area contributed by atoms with Gasteiger partial charge in [0.1, 0.15) is 28.2 Å². The maximum Gasteiger partial charge on any atom is 0.303 e. The number of carbonyl (C=O) groups is 2. The van der Waals surface area contributed by atoms with Crippen LogP contribution in [0.15, 0.2) is 57.7 Å². The van der Waals surface area contributed by atoms with Gasteiger partial charge in [0.2, 0.25) is 0 Å². The van der Waals surface area contributed by atoms with Crippen LogP contribution in [-0.2, 0) is 9.59 Å². The Morgan fingerprint density at radius 1 is 1.10 bits per heavy atom. The van der Waals surface area contributed by atoms with Crippen molar-refractivity contribution >= 4 is 22.8 Å². The molecule has 3 N–H and O–H groups in total. The Labute approximate surface area is 165 Å². The second-order valence-electron chi connectivity index (χ2n) is 6.29. The minimum absolute atomic E-state index is 0.0233. The number of nitrogens with one attached hydrogen (secondary N) is 1. The lowest BCUT2D eigenvalue weighted by Crippen LogP contribution is -2.29. The van der Waals surface area contributed by atoms with E-state index in [0.29, 0.717) is 17.7 Å². The number of hydrogen-bond donors (Lipinski definition) is 3. The smallest absolute Gasteiger partial charge is 0.303 e. The molecule has 3 aromatic rings. The molecule has 0 radical (unpaired) electrons. The van der Waals surface area contributed by atoms with Crippen molar-refractivity contribution < 1.29 is 29.0 Å². The van der Waals surface area contributed by atoms with Crippen LogP contribution in [0, 0.1) is 0 Å². The molecule has 0 spiro atoms. The van der Waals surface area contributed by atoms with E-state index in [1.54, 1.807) is 12.1 Å². The van der Waals surface area contributed by atoms with Crippen molar-refractivity contribution in [3.63, 3.8) is 0 Å². The molecule has 0 bridgehead atoms. The fourth-order valence-corrected chi connectivity index (χ4v) is 2.74. The molecule has 0 aliphatic heterocycles. The molecule has 0 atom stereocenters. The molecule has 0 saturated carbocycles. The molecule has 0 aliphatic rings. The van der Waals surface area contributed by atoms with Crippen molar-refractivity contribution in [3.8, 4) is 22.8 Å². The number of benzene rings is 2. The molecule has 1 aromatic heterocycles. The Balaban J connectivity index is 1.75. The summed E-state index contributed by atoms with van der Waals surface area (Å²) in [6.45, 7) is -0.118. The van der Waals surface area contributed by atoms with E-state index >= 15 is 0 Å². The van der Waals surface area contributed by atoms with Gasteiger partial charge < -0.3 is 24.7 Å². The third-order valence-electron chi connectivity index (χ3n) is 4.10. The predicted octanol–water partition coefficient (Wildman–Crippen LogP) is 2.53. The zero-order valence-electron chi connectivity index (χ0n) is 15.4. The Morgan fingerprint density at radius 3 is 2.59 bits per heavy atom. The van der Waals surface area contributed by atoms with Gasteiger partial charge in [0, 0.05) is 36.7 Å². The van der Waals surface area contributed by atoms with Crippen LogP contribution in [0.3, 0.4) is 0 Å². The Morgan fingerprint density at radius 2 is 1.86 bits per heavy atom. The highest BCUT2D eigenvalue weighted by molar-refractivity contribution is 5.86. The first-order chi connectivity index (χ1) is 13.9. The number of aliphatic carboxylic acids is 1. The second kappa shape index (κ2) is 8.92. The molecule has 2 aromatic carbocycles. The number of phenolic OH excluding ortho intramolecular Hbond substituents is 1. The Kier molecular flexibility index (Phi) is 6.13. The van der Waals surface area contributed by atoms with Gasteiger partial charge in [-0.25, -0.2) is 0 Å². The van der Waals surface area contributed by atoms with Gasteiger partial charge in [0.05, 0.1) is 0 Å². The number of hydrogen-bond acceptors (Lipinski definition) is 6. The first-order valence-corrected chi connectivity index (χ1v) is 8.91. The molecule has 0 aliphatic carbocycles. The maximum absolute atomic E-state index is 12.4. The number of phenols is 1. The molecule has 8 nitrogen and oxygen atoms in total. The van der Waals surface area contributed by atoms with Gasteiger partial charge in [-0.05, 0) is 6.42 Å². The average Bonchev–Trinajstić information content (AvgIpc) is 2.69. The zero-order valence-corrected chi connectivity index (χ0v) is 15.4. The summed E-state index contributed by atoms with van der Waals surface area (Å²) in [7, 11) is 0. The van der Waals surface area contributed by atoms with E-state index in [9.17, 15) is 19.5 Å². The number of carboxylic acid groups (broad SMARTS) is 1. The molecule has 0 fully saturated rings. The van der Waals surface area contributed by atoms with Gasteiger partial charge in [-0.2, -0.15) is 0 Å². The fraction of sp³-hybridized carbons (Fsp3) is 0.190. The topological polar surface area (TPSA) is 126 Å². The lowest BCUT2D eigenvalue weighted by molar-refractivity contribution is -0.137. The van der Waals surface area contributed by atoms with Gasteiger partial charge in [-0.1, -0.05) is 30.3 Å². The molecule has 3 rings (SSSR count). The van der Waals surface area contributed by atoms with Crippen LogP contribution in [0.4, 0.5) is 0 Å². The standard InChI is InChI=1S/C21H19NO7/c23-15-9-14(28-12-19(25)22-8-4-7-20(26)27)10-18-21(15)16(24)11-17(29-18)13-5-2-1-3-6-13/h1-3,5-6,9-11,23H,4,7-8,12H2,(H,22,25)(H,26,27). The van der Waals surface area contributed by atoms with E-state index in [-0.39, 0.29) is 42.0 Å². The van der Waals surface area contributed by atoms with Gasteiger partial charge in [-0.3, -0.25) is 14.4 Å². The quantitative estimate of drug-likeness (QED) is 0.499. The summed E-state index contributed by atoms with van der Waals surface area (Å²) in [4.78, 5) is 34.6. The van der Waals surface area contributed by atoms with E-state index in [4.69, 9.17) is 14.3 Å². The zero-order chi connectivity index (χ0) is 20.8. The second-order valence-corrected chi connectivity index (χ2v) is 6.29. The van der Waals surface area contributed by atoms with Crippen LogP contribution >= 0.6 is 0 Å². The number of fused-ring (bicyclic) bond motifs is 1. The number of carbonyl (C=O) groups excluding carboxylic acids is 1. The Bertz CT molecular complexity index is 1090. The highest BCUT2D eigenvalue weighted by Crippen LogP contribution is 2.31. The summed E-state index contributed by atoms with van der Waals surface area (Å²) >= 11 is 0. The molecule has 29 heavy (non-hydrogen) atoms. The van der Waals surface area contributed by atoms with E-state index in [0.717, 1.165) is 0 Å². The first kappa shape index (κ1) is 19.9. The van der Waals surface area contributed by atoms with E-state index in [1.807, 2.05) is 18.2 Å². The minimum Gasteiger partial charge on any atom is -0.507 e. The fourth-order valence-electron chi connectivity index (χ4n) is 2.74. The van der Waals surface area contributed by atoms with Crippen molar-refractivity contribution in [2.75, 3.05) is 13.2 Å². The minimum atomic E-state index is -0.932. The summed E-state index contributed by atoms with van der Waals surface area (Å²) in [6.07, 6.45) is 0.272. The van der Waals surface area contributed by atoms with Gasteiger partial charge in [0.25, 0.3) is 5.91 Å². The summed E-state index contributed by atoms with van der Waals surface area (Å²) in [6, 6.07) is 13.0. The van der Waals surface area contributed by atoms with Crippen molar-refractivity contribution in [2.24, 2.45) is 0 Å². The number of ether oxygens (including phenoxy) is 1. The third-order valence-corrected chi connectivity index (χ3v) is 4.10. The summed E-state index contributed by atoms with van der Waals surface area (Å²) in [5, 5.41) is 21.3. The highest BCUT2D eigenvalue weighted by atomic mass is 16.5. The van der Waals surface area contributed by atoms with Crippen molar-refractivity contribution in [1.82, 2.24) is 5.32 Å². The normalized spacial score (nSPS) is 10.6. The molecule has 150 valence electrons.